The van der Waals surface area contributed by atoms with Crippen LogP contribution in [0.1, 0.15) is 23.6 Å². The van der Waals surface area contributed by atoms with Crippen LogP contribution in [0, 0.1) is 11.3 Å². The van der Waals surface area contributed by atoms with Crippen molar-refractivity contribution < 1.29 is 14.3 Å². The van der Waals surface area contributed by atoms with Crippen LogP contribution in [0.2, 0.25) is 15.1 Å². The summed E-state index contributed by atoms with van der Waals surface area (Å²) in [4.78, 5) is 12.7. The molecule has 0 atom stereocenters. The van der Waals surface area contributed by atoms with Gasteiger partial charge in [0.2, 0.25) is 0 Å². The Balaban J connectivity index is 1.93. The summed E-state index contributed by atoms with van der Waals surface area (Å²) in [6, 6.07) is 17.3. The SMILES string of the molecule is C=CCc1cc(/C=C(\C#N)C(=O)Nc2ccc(Cl)cc2)cc(OCC)c1OCc1ccc(Cl)cc1Cl. The highest BCUT2D eigenvalue weighted by atomic mass is 35.5. The predicted octanol–water partition coefficient (Wildman–Crippen LogP) is 7.90. The van der Waals surface area contributed by atoms with Crippen molar-refractivity contribution in [3.63, 3.8) is 0 Å². The van der Waals surface area contributed by atoms with E-state index in [0.29, 0.717) is 50.8 Å². The molecule has 0 radical (unpaired) electrons. The average Bonchev–Trinajstić information content (AvgIpc) is 2.84. The Kier molecular flexibility index (Phi) is 9.84. The minimum absolute atomic E-state index is 0.0708. The van der Waals surface area contributed by atoms with Gasteiger partial charge in [0.15, 0.2) is 11.5 Å². The van der Waals surface area contributed by atoms with Crippen molar-refractivity contribution in [2.45, 2.75) is 20.0 Å². The molecule has 0 unspecified atom stereocenters. The third-order valence-corrected chi connectivity index (χ3v) is 5.82. The number of nitriles is 1. The highest BCUT2D eigenvalue weighted by Gasteiger charge is 2.16. The van der Waals surface area contributed by atoms with E-state index in [2.05, 4.69) is 11.9 Å². The molecule has 3 aromatic rings. The molecule has 0 bridgehead atoms. The van der Waals surface area contributed by atoms with E-state index in [9.17, 15) is 10.1 Å². The molecule has 0 aromatic heterocycles. The summed E-state index contributed by atoms with van der Waals surface area (Å²) >= 11 is 18.2. The molecular weight excluding hydrogens is 519 g/mol. The fourth-order valence-electron chi connectivity index (χ4n) is 3.34. The highest BCUT2D eigenvalue weighted by molar-refractivity contribution is 6.35. The molecular formula is C28H23Cl3N2O3. The van der Waals surface area contributed by atoms with Gasteiger partial charge >= 0.3 is 0 Å². The van der Waals surface area contributed by atoms with Gasteiger partial charge in [0.25, 0.3) is 5.91 Å². The van der Waals surface area contributed by atoms with Crippen LogP contribution in [0.3, 0.4) is 0 Å². The van der Waals surface area contributed by atoms with E-state index < -0.39 is 5.91 Å². The van der Waals surface area contributed by atoms with Crippen molar-refractivity contribution in [1.29, 1.82) is 5.26 Å². The molecule has 0 saturated carbocycles. The Labute approximate surface area is 225 Å². The Hall–Kier alpha value is -3.43. The second-order valence-electron chi connectivity index (χ2n) is 7.59. The van der Waals surface area contributed by atoms with E-state index in [1.165, 1.54) is 6.08 Å². The van der Waals surface area contributed by atoms with Gasteiger partial charge in [0, 0.05) is 31.9 Å². The van der Waals surface area contributed by atoms with E-state index in [0.717, 1.165) is 11.1 Å². The topological polar surface area (TPSA) is 71.4 Å². The Bertz CT molecular complexity index is 1330. The number of rotatable bonds is 10. The number of halogens is 3. The summed E-state index contributed by atoms with van der Waals surface area (Å²) in [5, 5.41) is 13.9. The number of carbonyl (C=O) groups excluding carboxylic acids is 1. The number of ether oxygens (including phenoxy) is 2. The van der Waals surface area contributed by atoms with Gasteiger partial charge in [0.1, 0.15) is 18.2 Å². The Morgan fingerprint density at radius 1 is 1.03 bits per heavy atom. The third kappa shape index (κ3) is 7.29. The predicted molar refractivity (Wildman–Crippen MR) is 146 cm³/mol. The lowest BCUT2D eigenvalue weighted by atomic mass is 10.0. The van der Waals surface area contributed by atoms with Crippen molar-refractivity contribution in [3.8, 4) is 17.6 Å². The average molecular weight is 542 g/mol. The van der Waals surface area contributed by atoms with E-state index in [1.807, 2.05) is 19.1 Å². The molecule has 36 heavy (non-hydrogen) atoms. The maximum Gasteiger partial charge on any atom is 0.266 e. The maximum absolute atomic E-state index is 12.7. The van der Waals surface area contributed by atoms with Crippen LogP contribution in [0.4, 0.5) is 5.69 Å². The highest BCUT2D eigenvalue weighted by Crippen LogP contribution is 2.36. The van der Waals surface area contributed by atoms with Crippen LogP contribution in [0.5, 0.6) is 11.5 Å². The lowest BCUT2D eigenvalue weighted by Gasteiger charge is -2.17. The normalized spacial score (nSPS) is 10.9. The second-order valence-corrected chi connectivity index (χ2v) is 8.87. The molecule has 0 heterocycles. The zero-order valence-corrected chi connectivity index (χ0v) is 21.8. The van der Waals surface area contributed by atoms with Gasteiger partial charge in [-0.2, -0.15) is 5.26 Å². The number of nitrogens with one attached hydrogen (secondary N) is 1. The fourth-order valence-corrected chi connectivity index (χ4v) is 3.93. The minimum atomic E-state index is -0.541. The van der Waals surface area contributed by atoms with Crippen molar-refractivity contribution in [1.82, 2.24) is 0 Å². The molecule has 3 rings (SSSR count). The smallest absolute Gasteiger partial charge is 0.266 e. The van der Waals surface area contributed by atoms with Gasteiger partial charge in [-0.1, -0.05) is 46.9 Å². The molecule has 8 heteroatoms. The van der Waals surface area contributed by atoms with Gasteiger partial charge in [-0.3, -0.25) is 4.79 Å². The molecule has 1 amide bonds. The first kappa shape index (κ1) is 27.2. The summed E-state index contributed by atoms with van der Waals surface area (Å²) < 4.78 is 12.0. The molecule has 5 nitrogen and oxygen atoms in total. The number of allylic oxidation sites excluding steroid dienone is 1. The first-order valence-electron chi connectivity index (χ1n) is 11.0. The number of carbonyl (C=O) groups is 1. The Morgan fingerprint density at radius 3 is 2.39 bits per heavy atom. The maximum atomic E-state index is 12.7. The third-order valence-electron chi connectivity index (χ3n) is 4.98. The van der Waals surface area contributed by atoms with Crippen LogP contribution in [-0.2, 0) is 17.8 Å². The Morgan fingerprint density at radius 2 is 1.75 bits per heavy atom. The summed E-state index contributed by atoms with van der Waals surface area (Å²) in [5.74, 6) is 0.466. The first-order chi connectivity index (χ1) is 17.3. The van der Waals surface area contributed by atoms with Crippen LogP contribution in [-0.4, -0.2) is 12.5 Å². The molecule has 184 valence electrons. The first-order valence-corrected chi connectivity index (χ1v) is 12.1. The van der Waals surface area contributed by atoms with Gasteiger partial charge in [0.05, 0.1) is 6.61 Å². The second kappa shape index (κ2) is 13.0. The van der Waals surface area contributed by atoms with Crippen molar-refractivity contribution in [2.75, 3.05) is 11.9 Å². The van der Waals surface area contributed by atoms with Crippen LogP contribution in [0.15, 0.2) is 72.8 Å². The number of nitrogens with zero attached hydrogens (tertiary/aromatic N) is 1. The summed E-state index contributed by atoms with van der Waals surface area (Å²) in [6.45, 7) is 6.27. The lowest BCUT2D eigenvalue weighted by molar-refractivity contribution is -0.112. The van der Waals surface area contributed by atoms with Gasteiger partial charge in [-0.25, -0.2) is 0 Å². The van der Waals surface area contributed by atoms with Crippen molar-refractivity contribution in [2.24, 2.45) is 0 Å². The lowest BCUT2D eigenvalue weighted by Crippen LogP contribution is -2.13. The number of amides is 1. The number of hydrogen-bond acceptors (Lipinski definition) is 4. The molecule has 0 aliphatic heterocycles. The van der Waals surface area contributed by atoms with E-state index >= 15 is 0 Å². The van der Waals surface area contributed by atoms with Crippen LogP contribution in [0.25, 0.3) is 6.08 Å². The molecule has 3 aromatic carbocycles. The van der Waals surface area contributed by atoms with Crippen molar-refractivity contribution in [3.05, 3.63) is 105 Å². The van der Waals surface area contributed by atoms with Crippen molar-refractivity contribution >= 4 is 52.5 Å². The fraction of sp³-hybridized carbons (Fsp3) is 0.143. The summed E-state index contributed by atoms with van der Waals surface area (Å²) in [7, 11) is 0. The van der Waals surface area contributed by atoms with E-state index in [-0.39, 0.29) is 12.2 Å². The number of hydrogen-bond donors (Lipinski definition) is 1. The minimum Gasteiger partial charge on any atom is -0.490 e. The van der Waals surface area contributed by atoms with Crippen LogP contribution >= 0.6 is 34.8 Å². The molecule has 0 saturated heterocycles. The number of anilines is 1. The quantitative estimate of drug-likeness (QED) is 0.161. The van der Waals surface area contributed by atoms with Gasteiger partial charge in [-0.15, -0.1) is 6.58 Å². The summed E-state index contributed by atoms with van der Waals surface area (Å²) in [6.07, 6.45) is 3.71. The number of benzene rings is 3. The largest absolute Gasteiger partial charge is 0.490 e. The molecule has 0 spiro atoms. The zero-order valence-electron chi connectivity index (χ0n) is 19.5. The molecule has 1 N–H and O–H groups in total. The van der Waals surface area contributed by atoms with Gasteiger partial charge < -0.3 is 14.8 Å². The van der Waals surface area contributed by atoms with Gasteiger partial charge in [-0.05, 0) is 73.5 Å². The molecule has 0 fully saturated rings. The van der Waals surface area contributed by atoms with E-state index in [1.54, 1.807) is 54.6 Å². The van der Waals surface area contributed by atoms with E-state index in [4.69, 9.17) is 44.3 Å². The molecule has 0 aliphatic rings. The zero-order chi connectivity index (χ0) is 26.1. The van der Waals surface area contributed by atoms with Crippen LogP contribution < -0.4 is 14.8 Å². The summed E-state index contributed by atoms with van der Waals surface area (Å²) in [5.41, 5.74) is 2.61. The monoisotopic (exact) mass is 540 g/mol. The molecule has 0 aliphatic carbocycles. The standard InChI is InChI=1S/C28H23Cl3N2O3/c1-3-5-19-12-18(13-21(16-32)28(34)33-24-10-8-22(29)9-11-24)14-26(35-4-2)27(19)36-17-20-6-7-23(30)15-25(20)31/h3,6-15H,1,4-5,17H2,2H3,(H,33,34)/b21-13+.